The molecule has 6 heteroatoms. The van der Waals surface area contributed by atoms with Gasteiger partial charge in [-0.25, -0.2) is 4.98 Å². The minimum absolute atomic E-state index is 0.105. The first-order valence-corrected chi connectivity index (χ1v) is 8.91. The molecule has 23 heavy (non-hydrogen) atoms. The Morgan fingerprint density at radius 1 is 1.52 bits per heavy atom. The number of likely N-dealkylation sites (N-methyl/N-ethyl adjacent to an activating group) is 1. The van der Waals surface area contributed by atoms with Crippen molar-refractivity contribution in [3.8, 4) is 10.8 Å². The first-order valence-electron chi connectivity index (χ1n) is 8.03. The van der Waals surface area contributed by atoms with Crippen molar-refractivity contribution in [1.82, 2.24) is 9.88 Å². The number of amides is 1. The number of carbonyl (C=O) groups is 1. The van der Waals surface area contributed by atoms with Crippen LogP contribution in [0.4, 0.5) is 0 Å². The molecular formula is C17H22N2O3S. The van der Waals surface area contributed by atoms with E-state index in [1.807, 2.05) is 36.3 Å². The van der Waals surface area contributed by atoms with E-state index in [0.29, 0.717) is 24.8 Å². The van der Waals surface area contributed by atoms with Crippen LogP contribution in [-0.4, -0.2) is 42.1 Å². The van der Waals surface area contributed by atoms with Crippen molar-refractivity contribution < 1.29 is 13.9 Å². The van der Waals surface area contributed by atoms with E-state index in [1.54, 1.807) is 11.3 Å². The highest BCUT2D eigenvalue weighted by molar-refractivity contribution is 7.13. The number of ether oxygens (including phenoxy) is 1. The zero-order chi connectivity index (χ0) is 16.2. The van der Waals surface area contributed by atoms with Gasteiger partial charge in [0.1, 0.15) is 5.76 Å². The van der Waals surface area contributed by atoms with Gasteiger partial charge in [-0.3, -0.25) is 4.79 Å². The summed E-state index contributed by atoms with van der Waals surface area (Å²) < 4.78 is 11.1. The monoisotopic (exact) mass is 334 g/mol. The quantitative estimate of drug-likeness (QED) is 0.814. The SMILES string of the molecule is CCN(CC1CCOC1)C(=O)Cc1nc(-c2cccs2)oc1C. The second kappa shape index (κ2) is 7.27. The van der Waals surface area contributed by atoms with Crippen LogP contribution in [0, 0.1) is 12.8 Å². The summed E-state index contributed by atoms with van der Waals surface area (Å²) in [6, 6.07) is 3.94. The molecule has 0 radical (unpaired) electrons. The maximum absolute atomic E-state index is 12.6. The van der Waals surface area contributed by atoms with E-state index >= 15 is 0 Å². The lowest BCUT2D eigenvalue weighted by Gasteiger charge is -2.23. The largest absolute Gasteiger partial charge is 0.440 e. The molecule has 0 aromatic carbocycles. The molecule has 1 atom stereocenters. The topological polar surface area (TPSA) is 55.6 Å². The third kappa shape index (κ3) is 3.82. The molecule has 124 valence electrons. The minimum Gasteiger partial charge on any atom is -0.440 e. The summed E-state index contributed by atoms with van der Waals surface area (Å²) in [6.07, 6.45) is 1.33. The van der Waals surface area contributed by atoms with Crippen molar-refractivity contribution in [3.05, 3.63) is 29.0 Å². The molecule has 5 nitrogen and oxygen atoms in total. The first kappa shape index (κ1) is 16.2. The fraction of sp³-hybridized carbons (Fsp3) is 0.529. The van der Waals surface area contributed by atoms with E-state index in [-0.39, 0.29) is 5.91 Å². The lowest BCUT2D eigenvalue weighted by Crippen LogP contribution is -2.36. The van der Waals surface area contributed by atoms with Crippen LogP contribution in [0.25, 0.3) is 10.8 Å². The number of rotatable bonds is 6. The predicted octanol–water partition coefficient (Wildman–Crippen LogP) is 3.14. The molecule has 3 rings (SSSR count). The van der Waals surface area contributed by atoms with Gasteiger partial charge in [0.25, 0.3) is 0 Å². The summed E-state index contributed by atoms with van der Waals surface area (Å²) in [7, 11) is 0. The second-order valence-electron chi connectivity index (χ2n) is 5.84. The van der Waals surface area contributed by atoms with Gasteiger partial charge in [0.2, 0.25) is 11.8 Å². The van der Waals surface area contributed by atoms with E-state index in [4.69, 9.17) is 9.15 Å². The average Bonchev–Trinajstić information content (AvgIpc) is 3.27. The van der Waals surface area contributed by atoms with Crippen LogP contribution in [0.5, 0.6) is 0 Å². The molecule has 0 N–H and O–H groups in total. The Labute approximate surface area is 140 Å². The van der Waals surface area contributed by atoms with Crippen LogP contribution >= 0.6 is 11.3 Å². The van der Waals surface area contributed by atoms with Crippen LogP contribution in [0.2, 0.25) is 0 Å². The maximum Gasteiger partial charge on any atom is 0.236 e. The lowest BCUT2D eigenvalue weighted by molar-refractivity contribution is -0.131. The normalized spacial score (nSPS) is 17.6. The average molecular weight is 334 g/mol. The minimum atomic E-state index is 0.105. The molecule has 1 aliphatic heterocycles. The summed E-state index contributed by atoms with van der Waals surface area (Å²) in [6.45, 7) is 6.93. The fourth-order valence-corrected chi connectivity index (χ4v) is 3.45. The number of hydrogen-bond acceptors (Lipinski definition) is 5. The zero-order valence-corrected chi connectivity index (χ0v) is 14.4. The Balaban J connectivity index is 1.66. The van der Waals surface area contributed by atoms with Crippen LogP contribution in [0.3, 0.4) is 0 Å². The highest BCUT2D eigenvalue weighted by Crippen LogP contribution is 2.26. The molecular weight excluding hydrogens is 312 g/mol. The van der Waals surface area contributed by atoms with Crippen LogP contribution in [0.15, 0.2) is 21.9 Å². The number of carbonyl (C=O) groups excluding carboxylic acids is 1. The van der Waals surface area contributed by atoms with E-state index in [9.17, 15) is 4.79 Å². The first-order chi connectivity index (χ1) is 11.2. The Morgan fingerprint density at radius 3 is 3.04 bits per heavy atom. The Morgan fingerprint density at radius 2 is 2.39 bits per heavy atom. The number of oxazole rings is 1. The molecule has 3 heterocycles. The standard InChI is InChI=1S/C17H22N2O3S/c1-3-19(10-13-6-7-21-11-13)16(20)9-14-12(2)22-17(18-14)15-5-4-8-23-15/h4-5,8,13H,3,6-7,9-11H2,1-2H3. The molecule has 1 amide bonds. The number of hydrogen-bond donors (Lipinski definition) is 0. The lowest BCUT2D eigenvalue weighted by atomic mass is 10.1. The van der Waals surface area contributed by atoms with E-state index in [2.05, 4.69) is 4.98 Å². The van der Waals surface area contributed by atoms with E-state index in [0.717, 1.165) is 42.5 Å². The van der Waals surface area contributed by atoms with Crippen molar-refractivity contribution in [2.24, 2.45) is 5.92 Å². The number of thiophene rings is 1. The molecule has 1 fully saturated rings. The van der Waals surface area contributed by atoms with E-state index in [1.165, 1.54) is 0 Å². The molecule has 1 saturated heterocycles. The molecule has 2 aromatic rings. The summed E-state index contributed by atoms with van der Waals surface area (Å²) in [5, 5.41) is 1.99. The number of aryl methyl sites for hydroxylation is 1. The van der Waals surface area contributed by atoms with Gasteiger partial charge in [0.15, 0.2) is 0 Å². The maximum atomic E-state index is 12.6. The van der Waals surface area contributed by atoms with Gasteiger partial charge in [-0.2, -0.15) is 0 Å². The van der Waals surface area contributed by atoms with Crippen molar-refractivity contribution >= 4 is 17.2 Å². The number of nitrogens with zero attached hydrogens (tertiary/aromatic N) is 2. The third-order valence-electron chi connectivity index (χ3n) is 4.18. The highest BCUT2D eigenvalue weighted by Gasteiger charge is 2.23. The zero-order valence-electron chi connectivity index (χ0n) is 13.6. The molecule has 0 spiro atoms. The van der Waals surface area contributed by atoms with E-state index < -0.39 is 0 Å². The predicted molar refractivity (Wildman–Crippen MR) is 89.4 cm³/mol. The van der Waals surface area contributed by atoms with Gasteiger partial charge >= 0.3 is 0 Å². The fourth-order valence-electron chi connectivity index (χ4n) is 2.80. The van der Waals surface area contributed by atoms with Crippen LogP contribution in [-0.2, 0) is 16.0 Å². The molecule has 1 unspecified atom stereocenters. The van der Waals surface area contributed by atoms with Crippen molar-refractivity contribution in [1.29, 1.82) is 0 Å². The van der Waals surface area contributed by atoms with Crippen molar-refractivity contribution in [3.63, 3.8) is 0 Å². The molecule has 2 aromatic heterocycles. The smallest absolute Gasteiger partial charge is 0.236 e. The number of aromatic nitrogens is 1. The van der Waals surface area contributed by atoms with Crippen molar-refractivity contribution in [2.45, 2.75) is 26.7 Å². The van der Waals surface area contributed by atoms with Gasteiger partial charge in [0, 0.05) is 25.6 Å². The van der Waals surface area contributed by atoms with Crippen molar-refractivity contribution in [2.75, 3.05) is 26.3 Å². The van der Waals surface area contributed by atoms with Gasteiger partial charge < -0.3 is 14.1 Å². The molecule has 1 aliphatic rings. The van der Waals surface area contributed by atoms with Gasteiger partial charge in [-0.15, -0.1) is 11.3 Å². The third-order valence-corrected chi connectivity index (χ3v) is 5.04. The summed E-state index contributed by atoms with van der Waals surface area (Å²) >= 11 is 1.58. The van der Waals surface area contributed by atoms with Gasteiger partial charge in [-0.1, -0.05) is 6.07 Å². The molecule has 0 saturated carbocycles. The second-order valence-corrected chi connectivity index (χ2v) is 6.79. The van der Waals surface area contributed by atoms with Crippen LogP contribution in [0.1, 0.15) is 24.8 Å². The summed E-state index contributed by atoms with van der Waals surface area (Å²) in [4.78, 5) is 20.0. The Bertz CT molecular complexity index is 645. The van der Waals surface area contributed by atoms with Crippen LogP contribution < -0.4 is 0 Å². The molecule has 0 bridgehead atoms. The highest BCUT2D eigenvalue weighted by atomic mass is 32.1. The summed E-state index contributed by atoms with van der Waals surface area (Å²) in [5.41, 5.74) is 0.736. The Kier molecular flexibility index (Phi) is 5.13. The summed E-state index contributed by atoms with van der Waals surface area (Å²) in [5.74, 6) is 1.89. The molecule has 0 aliphatic carbocycles. The van der Waals surface area contributed by atoms with Gasteiger partial charge in [0.05, 0.1) is 23.6 Å². The Hall–Kier alpha value is -1.66. The van der Waals surface area contributed by atoms with Gasteiger partial charge in [-0.05, 0) is 31.7 Å².